The zero-order valence-corrected chi connectivity index (χ0v) is 31.5. The Balaban J connectivity index is 0.820. The molecule has 3 aromatic heterocycles. The molecule has 5 aliphatic heterocycles. The lowest BCUT2D eigenvalue weighted by Crippen LogP contribution is -2.55. The molecular formula is C40H45N9O4S. The molecule has 4 atom stereocenters. The Kier molecular flexibility index (Phi) is 7.99. The van der Waals surface area contributed by atoms with Crippen molar-refractivity contribution >= 4 is 78.3 Å². The van der Waals surface area contributed by atoms with Crippen LogP contribution in [0.4, 0.5) is 17.2 Å². The molecule has 4 saturated heterocycles. The van der Waals surface area contributed by atoms with Crippen LogP contribution in [0.25, 0.3) is 32.0 Å². The smallest absolute Gasteiger partial charge is 0.329 e. The second-order valence-electron chi connectivity index (χ2n) is 16.0. The van der Waals surface area contributed by atoms with E-state index in [1.54, 1.807) is 27.5 Å². The van der Waals surface area contributed by atoms with Crippen LogP contribution in [0.5, 0.6) is 0 Å². The Morgan fingerprint density at radius 1 is 0.926 bits per heavy atom. The first-order valence-electron chi connectivity index (χ1n) is 19.4. The summed E-state index contributed by atoms with van der Waals surface area (Å²) in [5.74, 6) is 0.950. The lowest BCUT2D eigenvalue weighted by atomic mass is 9.95. The quantitative estimate of drug-likeness (QED) is 0.226. The van der Waals surface area contributed by atoms with Crippen LogP contribution in [-0.4, -0.2) is 94.1 Å². The van der Waals surface area contributed by atoms with Crippen molar-refractivity contribution in [3.05, 3.63) is 57.8 Å². The van der Waals surface area contributed by atoms with Crippen molar-refractivity contribution in [2.75, 3.05) is 54.4 Å². The maximum atomic E-state index is 13.5. The van der Waals surface area contributed by atoms with Crippen LogP contribution in [0.2, 0.25) is 0 Å². The number of piperazine rings is 1. The predicted molar refractivity (Wildman–Crippen MR) is 212 cm³/mol. The van der Waals surface area contributed by atoms with Crippen molar-refractivity contribution in [1.82, 2.24) is 29.7 Å². The summed E-state index contributed by atoms with van der Waals surface area (Å²) in [7, 11) is 1.78. The molecule has 10 rings (SSSR count). The number of imidazole rings is 1. The van der Waals surface area contributed by atoms with Gasteiger partial charge in [0.15, 0.2) is 0 Å². The lowest BCUT2D eigenvalue weighted by molar-refractivity contribution is -0.135. The zero-order valence-electron chi connectivity index (χ0n) is 30.6. The largest absolute Gasteiger partial charge is 0.381 e. The summed E-state index contributed by atoms with van der Waals surface area (Å²) in [4.78, 5) is 64.6. The first kappa shape index (κ1) is 33.6. The number of carbonyl (C=O) groups excluding carboxylic acids is 3. The Morgan fingerprint density at radius 3 is 2.50 bits per heavy atom. The number of aromatic nitrogens is 3. The monoisotopic (exact) mass is 747 g/mol. The maximum absolute atomic E-state index is 13.5. The number of piperidine rings is 2. The van der Waals surface area contributed by atoms with Crippen molar-refractivity contribution in [2.45, 2.75) is 69.6 Å². The van der Waals surface area contributed by atoms with E-state index in [4.69, 9.17) is 4.98 Å². The van der Waals surface area contributed by atoms with Crippen LogP contribution in [-0.2, 0) is 16.6 Å². The van der Waals surface area contributed by atoms with E-state index in [0.717, 1.165) is 99.7 Å². The van der Waals surface area contributed by atoms with Gasteiger partial charge in [0.1, 0.15) is 16.7 Å². The predicted octanol–water partition coefficient (Wildman–Crippen LogP) is 4.19. The van der Waals surface area contributed by atoms with E-state index >= 15 is 0 Å². The molecule has 3 amide bonds. The molecule has 3 N–H and O–H groups in total. The Hall–Kier alpha value is -4.95. The number of rotatable bonds is 5. The topological polar surface area (TPSA) is 137 Å². The van der Waals surface area contributed by atoms with Crippen LogP contribution >= 0.6 is 11.3 Å². The highest BCUT2D eigenvalue weighted by Crippen LogP contribution is 2.42. The van der Waals surface area contributed by atoms with Gasteiger partial charge in [0.2, 0.25) is 11.8 Å². The average molecular weight is 748 g/mol. The first-order valence-corrected chi connectivity index (χ1v) is 20.2. The highest BCUT2D eigenvalue weighted by atomic mass is 32.1. The van der Waals surface area contributed by atoms with Crippen LogP contribution in [0.15, 0.2) is 47.3 Å². The number of carbonyl (C=O) groups is 3. The number of likely N-dealkylation sites (tertiary alicyclic amines) is 1. The van der Waals surface area contributed by atoms with E-state index in [-0.39, 0.29) is 30.0 Å². The number of nitrogens with one attached hydrogen (secondary N) is 3. The molecule has 0 spiro atoms. The summed E-state index contributed by atoms with van der Waals surface area (Å²) < 4.78 is 4.34. The molecule has 8 heterocycles. The number of aryl methyl sites for hydroxylation is 1. The summed E-state index contributed by atoms with van der Waals surface area (Å²) in [6.45, 7) is 7.72. The van der Waals surface area contributed by atoms with Gasteiger partial charge in [-0.1, -0.05) is 6.07 Å². The minimum absolute atomic E-state index is 0.00796. The fraction of sp³-hybridized carbons (Fsp3) is 0.475. The molecule has 0 saturated carbocycles. The van der Waals surface area contributed by atoms with Gasteiger partial charge in [0, 0.05) is 86.3 Å². The summed E-state index contributed by atoms with van der Waals surface area (Å²) in [6.07, 6.45) is 5.06. The summed E-state index contributed by atoms with van der Waals surface area (Å²) in [6, 6.07) is 14.9. The second kappa shape index (κ2) is 12.8. The van der Waals surface area contributed by atoms with E-state index in [0.29, 0.717) is 31.0 Å². The van der Waals surface area contributed by atoms with Crippen molar-refractivity contribution in [3.63, 3.8) is 0 Å². The van der Waals surface area contributed by atoms with E-state index < -0.39 is 11.9 Å². The highest BCUT2D eigenvalue weighted by molar-refractivity contribution is 7.21. The van der Waals surface area contributed by atoms with Gasteiger partial charge < -0.3 is 20.4 Å². The third-order valence-corrected chi connectivity index (χ3v) is 13.7. The van der Waals surface area contributed by atoms with E-state index in [2.05, 4.69) is 61.0 Å². The fourth-order valence-electron chi connectivity index (χ4n) is 10.00. The number of amides is 3. The number of nitrogens with zero attached hydrogens (tertiary/aromatic N) is 6. The number of para-hydroxylation sites is 1. The fourth-order valence-corrected chi connectivity index (χ4v) is 11.1. The van der Waals surface area contributed by atoms with Gasteiger partial charge in [-0.15, -0.1) is 11.3 Å². The van der Waals surface area contributed by atoms with Crippen molar-refractivity contribution < 1.29 is 14.4 Å². The van der Waals surface area contributed by atoms with Gasteiger partial charge >= 0.3 is 5.69 Å². The molecule has 5 aromatic rings. The molecular weight excluding hydrogens is 703 g/mol. The number of anilines is 3. The van der Waals surface area contributed by atoms with Crippen molar-refractivity contribution in [1.29, 1.82) is 0 Å². The molecule has 280 valence electrons. The lowest BCUT2D eigenvalue weighted by Gasteiger charge is -2.44. The third kappa shape index (κ3) is 5.39. The zero-order chi connectivity index (χ0) is 36.8. The van der Waals surface area contributed by atoms with E-state index in [1.807, 2.05) is 19.1 Å². The summed E-state index contributed by atoms with van der Waals surface area (Å²) in [5, 5.41) is 11.2. The summed E-state index contributed by atoms with van der Waals surface area (Å²) >= 11 is 1.55. The van der Waals surface area contributed by atoms with Gasteiger partial charge in [-0.05, 0) is 81.3 Å². The molecule has 2 bridgehead atoms. The van der Waals surface area contributed by atoms with Crippen LogP contribution in [0.1, 0.15) is 61.2 Å². The number of fused-ring (bicyclic) bond motifs is 8. The van der Waals surface area contributed by atoms with Gasteiger partial charge in [-0.2, -0.15) is 0 Å². The number of pyridine rings is 1. The molecule has 0 aliphatic carbocycles. The highest BCUT2D eigenvalue weighted by Gasteiger charge is 2.41. The van der Waals surface area contributed by atoms with Crippen LogP contribution in [0, 0.1) is 5.92 Å². The molecule has 14 heteroatoms. The third-order valence-electron chi connectivity index (χ3n) is 12.6. The normalized spacial score (nSPS) is 25.3. The average Bonchev–Trinajstić information content (AvgIpc) is 3.73. The van der Waals surface area contributed by atoms with Crippen LogP contribution in [0.3, 0.4) is 0 Å². The molecule has 2 aromatic carbocycles. The second-order valence-corrected chi connectivity index (χ2v) is 17.1. The Labute approximate surface area is 316 Å². The van der Waals surface area contributed by atoms with E-state index in [9.17, 15) is 19.2 Å². The molecule has 3 unspecified atom stereocenters. The number of benzene rings is 2. The Morgan fingerprint density at radius 2 is 1.72 bits per heavy atom. The molecule has 54 heavy (non-hydrogen) atoms. The molecule has 13 nitrogen and oxygen atoms in total. The maximum Gasteiger partial charge on any atom is 0.329 e. The SMILES string of the molecule is C[C@@H]1CNc2c(sc3ccc4nc(N5C6CCC5CN(CC5CCN(c7cccc8c7n(C)c(=O)n8C7CCC(=O)NC7=O)CC5)C6)ccc4c23)C(=O)N1. The standard InChI is InChI=1S/C40H45N9O4S/c1-22-18-41-35-34-26-8-12-32(43-27(26)9-11-31(34)54-37(35)39(52)42-22)48-24-6-7-25(48)21-46(20-24)19-23-14-16-47(17-15-23)28-4-3-5-29-36(28)45(2)40(53)49(29)30-10-13-33(50)44-38(30)51/h3-5,8-9,11-12,22-25,30,41H,6-7,10,13-21H2,1-2H3,(H,42,52)(H,44,50,51)/t22-,24?,25?,30?/m1/s1. The summed E-state index contributed by atoms with van der Waals surface area (Å²) in [5.41, 5.74) is 4.28. The van der Waals surface area contributed by atoms with Gasteiger partial charge in [-0.25, -0.2) is 9.78 Å². The number of hydrogen-bond acceptors (Lipinski definition) is 10. The van der Waals surface area contributed by atoms with Gasteiger partial charge in [0.05, 0.1) is 27.9 Å². The molecule has 0 radical (unpaired) electrons. The van der Waals surface area contributed by atoms with Crippen LogP contribution < -0.4 is 31.4 Å². The minimum Gasteiger partial charge on any atom is -0.381 e. The number of hydrogen-bond donors (Lipinski definition) is 3. The van der Waals surface area contributed by atoms with Crippen molar-refractivity contribution in [3.8, 4) is 0 Å². The van der Waals surface area contributed by atoms with E-state index in [1.165, 1.54) is 12.8 Å². The first-order chi connectivity index (χ1) is 26.2. The number of thiophene rings is 1. The van der Waals surface area contributed by atoms with Crippen molar-refractivity contribution in [2.24, 2.45) is 13.0 Å². The Bertz CT molecular complexity index is 2410. The molecule has 5 aliphatic rings. The van der Waals surface area contributed by atoms with Gasteiger partial charge in [-0.3, -0.25) is 33.7 Å². The molecule has 4 fully saturated rings. The minimum atomic E-state index is -0.688. The van der Waals surface area contributed by atoms with Gasteiger partial charge in [0.25, 0.3) is 5.91 Å². The number of imide groups is 1.